The van der Waals surface area contributed by atoms with Gasteiger partial charge in [-0.2, -0.15) is 0 Å². The van der Waals surface area contributed by atoms with Crippen molar-refractivity contribution in [2.75, 3.05) is 0 Å². The van der Waals surface area contributed by atoms with Gasteiger partial charge in [-0.3, -0.25) is 4.79 Å². The Morgan fingerprint density at radius 2 is 2.14 bits per heavy atom. The summed E-state index contributed by atoms with van der Waals surface area (Å²) in [5.41, 5.74) is 0.347. The number of carboxylic acids is 1. The number of hydrogen-bond donors (Lipinski definition) is 1. The molecule has 78 valence electrons. The molecule has 1 aliphatic carbocycles. The van der Waals surface area contributed by atoms with Crippen LogP contribution in [0.2, 0.25) is 0 Å². The van der Waals surface area contributed by atoms with Gasteiger partial charge in [0, 0.05) is 0 Å². The minimum Gasteiger partial charge on any atom is -0.480 e. The zero-order chi connectivity index (χ0) is 10.9. The molecular weight excluding hydrogens is 176 g/mol. The van der Waals surface area contributed by atoms with Crippen molar-refractivity contribution < 1.29 is 9.90 Å². The van der Waals surface area contributed by atoms with Crippen molar-refractivity contribution in [3.8, 4) is 0 Å². The summed E-state index contributed by atoms with van der Waals surface area (Å²) in [6.45, 7) is 7.96. The third-order valence-corrected chi connectivity index (χ3v) is 3.17. The predicted molar refractivity (Wildman–Crippen MR) is 57.0 cm³/mol. The van der Waals surface area contributed by atoms with Gasteiger partial charge in [-0.1, -0.05) is 44.6 Å². The second-order valence-corrected chi connectivity index (χ2v) is 4.43. The van der Waals surface area contributed by atoms with E-state index in [1.54, 1.807) is 0 Å². The number of rotatable bonds is 2. The van der Waals surface area contributed by atoms with Crippen molar-refractivity contribution in [2.24, 2.45) is 17.3 Å². The van der Waals surface area contributed by atoms with Crippen LogP contribution in [0.5, 0.6) is 0 Å². The van der Waals surface area contributed by atoms with Crippen molar-refractivity contribution in [1.82, 2.24) is 0 Å². The van der Waals surface area contributed by atoms with E-state index in [0.717, 1.165) is 5.57 Å². The van der Waals surface area contributed by atoms with E-state index < -0.39 is 11.4 Å². The zero-order valence-electron chi connectivity index (χ0n) is 9.24. The van der Waals surface area contributed by atoms with Crippen molar-refractivity contribution in [1.29, 1.82) is 0 Å². The van der Waals surface area contributed by atoms with Gasteiger partial charge in [-0.15, -0.1) is 0 Å². The van der Waals surface area contributed by atoms with E-state index in [9.17, 15) is 9.90 Å². The smallest absolute Gasteiger partial charge is 0.317 e. The summed E-state index contributed by atoms with van der Waals surface area (Å²) in [4.78, 5) is 11.3. The molecule has 0 amide bonds. The van der Waals surface area contributed by atoms with Crippen LogP contribution in [-0.4, -0.2) is 11.1 Å². The summed E-state index contributed by atoms with van der Waals surface area (Å²) < 4.78 is 0. The second-order valence-electron chi connectivity index (χ2n) is 4.43. The number of carbonyl (C=O) groups is 1. The number of aliphatic carboxylic acids is 1. The van der Waals surface area contributed by atoms with E-state index in [-0.39, 0.29) is 5.92 Å². The monoisotopic (exact) mass is 194 g/mol. The van der Waals surface area contributed by atoms with Crippen LogP contribution in [-0.2, 0) is 4.79 Å². The molecule has 0 spiro atoms. The SMILES string of the molecule is CC1=CC(C(=O)O)(C(C)C)C=CC1C. The van der Waals surface area contributed by atoms with Crippen LogP contribution in [0.25, 0.3) is 0 Å². The van der Waals surface area contributed by atoms with Crippen LogP contribution >= 0.6 is 0 Å². The van der Waals surface area contributed by atoms with Gasteiger partial charge in [-0.05, 0) is 18.8 Å². The quantitative estimate of drug-likeness (QED) is 0.686. The molecule has 0 aliphatic heterocycles. The summed E-state index contributed by atoms with van der Waals surface area (Å²) in [6, 6.07) is 0. The highest BCUT2D eigenvalue weighted by molar-refractivity contribution is 5.80. The first-order valence-corrected chi connectivity index (χ1v) is 5.02. The molecule has 0 aromatic heterocycles. The molecule has 2 atom stereocenters. The first-order chi connectivity index (χ1) is 6.40. The lowest BCUT2D eigenvalue weighted by molar-refractivity contribution is -0.145. The standard InChI is InChI=1S/C12H18O2/c1-8(2)12(11(13)14)6-5-9(3)10(4)7-12/h5-9H,1-4H3,(H,13,14). The lowest BCUT2D eigenvalue weighted by atomic mass is 9.71. The molecule has 0 aromatic rings. The Kier molecular flexibility index (Phi) is 2.84. The van der Waals surface area contributed by atoms with Crippen molar-refractivity contribution in [3.63, 3.8) is 0 Å². The van der Waals surface area contributed by atoms with E-state index in [2.05, 4.69) is 6.92 Å². The van der Waals surface area contributed by atoms with Crippen molar-refractivity contribution in [3.05, 3.63) is 23.8 Å². The van der Waals surface area contributed by atoms with Crippen molar-refractivity contribution >= 4 is 5.97 Å². The normalized spacial score (nSPS) is 31.8. The maximum Gasteiger partial charge on any atom is 0.317 e. The Balaban J connectivity index is 3.15. The largest absolute Gasteiger partial charge is 0.480 e. The Bertz CT molecular complexity index is 299. The Labute approximate surface area is 85.3 Å². The van der Waals surface area contributed by atoms with E-state index >= 15 is 0 Å². The molecule has 0 saturated carbocycles. The molecule has 0 heterocycles. The maximum absolute atomic E-state index is 11.3. The lowest BCUT2D eigenvalue weighted by Crippen LogP contribution is -2.34. The topological polar surface area (TPSA) is 37.3 Å². The lowest BCUT2D eigenvalue weighted by Gasteiger charge is -2.31. The zero-order valence-corrected chi connectivity index (χ0v) is 9.24. The van der Waals surface area contributed by atoms with Crippen LogP contribution in [0, 0.1) is 17.3 Å². The Hall–Kier alpha value is -1.05. The fourth-order valence-corrected chi connectivity index (χ4v) is 1.75. The molecular formula is C12H18O2. The summed E-state index contributed by atoms with van der Waals surface area (Å²) >= 11 is 0. The first kappa shape index (κ1) is 11.0. The van der Waals surface area contributed by atoms with E-state index in [1.807, 2.05) is 39.0 Å². The number of carboxylic acid groups (broad SMARTS) is 1. The van der Waals surface area contributed by atoms with Gasteiger partial charge in [0.25, 0.3) is 0 Å². The summed E-state index contributed by atoms with van der Waals surface area (Å²) in [5, 5.41) is 9.27. The summed E-state index contributed by atoms with van der Waals surface area (Å²) in [6.07, 6.45) is 5.71. The fraction of sp³-hybridized carbons (Fsp3) is 0.583. The molecule has 2 unspecified atom stereocenters. The van der Waals surface area contributed by atoms with E-state index in [0.29, 0.717) is 5.92 Å². The van der Waals surface area contributed by atoms with Gasteiger partial charge < -0.3 is 5.11 Å². The Morgan fingerprint density at radius 1 is 1.57 bits per heavy atom. The molecule has 1 rings (SSSR count). The molecule has 2 heteroatoms. The van der Waals surface area contributed by atoms with Gasteiger partial charge in [0.1, 0.15) is 5.41 Å². The first-order valence-electron chi connectivity index (χ1n) is 5.02. The number of hydrogen-bond acceptors (Lipinski definition) is 1. The van der Waals surface area contributed by atoms with Crippen LogP contribution in [0.15, 0.2) is 23.8 Å². The van der Waals surface area contributed by atoms with E-state index in [1.165, 1.54) is 0 Å². The summed E-state index contributed by atoms with van der Waals surface area (Å²) in [7, 11) is 0. The van der Waals surface area contributed by atoms with Gasteiger partial charge in [-0.25, -0.2) is 0 Å². The molecule has 0 fully saturated rings. The second kappa shape index (κ2) is 3.60. The average molecular weight is 194 g/mol. The molecule has 1 N–H and O–H groups in total. The van der Waals surface area contributed by atoms with Crippen LogP contribution in [0.4, 0.5) is 0 Å². The predicted octanol–water partition coefficient (Wildman–Crippen LogP) is 2.87. The molecule has 0 saturated heterocycles. The average Bonchev–Trinajstić information content (AvgIpc) is 2.09. The molecule has 0 bridgehead atoms. The van der Waals surface area contributed by atoms with Gasteiger partial charge in [0.2, 0.25) is 0 Å². The van der Waals surface area contributed by atoms with Gasteiger partial charge in [0.15, 0.2) is 0 Å². The third kappa shape index (κ3) is 1.61. The highest BCUT2D eigenvalue weighted by Gasteiger charge is 2.39. The minimum atomic E-state index is -0.795. The molecule has 0 aromatic carbocycles. The van der Waals surface area contributed by atoms with Crippen LogP contribution in [0.1, 0.15) is 27.7 Å². The highest BCUT2D eigenvalue weighted by atomic mass is 16.4. The van der Waals surface area contributed by atoms with Crippen molar-refractivity contribution in [2.45, 2.75) is 27.7 Å². The maximum atomic E-state index is 11.3. The van der Waals surface area contributed by atoms with E-state index in [4.69, 9.17) is 0 Å². The van der Waals surface area contributed by atoms with Crippen LogP contribution < -0.4 is 0 Å². The highest BCUT2D eigenvalue weighted by Crippen LogP contribution is 2.37. The molecule has 2 nitrogen and oxygen atoms in total. The molecule has 14 heavy (non-hydrogen) atoms. The minimum absolute atomic E-state index is 0.0821. The Morgan fingerprint density at radius 3 is 2.50 bits per heavy atom. The van der Waals surface area contributed by atoms with Gasteiger partial charge in [0.05, 0.1) is 0 Å². The fourth-order valence-electron chi connectivity index (χ4n) is 1.75. The molecule has 0 radical (unpaired) electrons. The summed E-state index contributed by atoms with van der Waals surface area (Å²) in [5.74, 6) is -0.310. The van der Waals surface area contributed by atoms with Gasteiger partial charge >= 0.3 is 5.97 Å². The third-order valence-electron chi connectivity index (χ3n) is 3.17. The number of allylic oxidation sites excluding steroid dienone is 2. The molecule has 1 aliphatic rings. The van der Waals surface area contributed by atoms with Crippen LogP contribution in [0.3, 0.4) is 0 Å².